The zero-order chi connectivity index (χ0) is 23.5. The molecule has 1 saturated heterocycles. The fourth-order valence-corrected chi connectivity index (χ4v) is 4.16. The number of rotatable bonds is 11. The van der Waals surface area contributed by atoms with Crippen LogP contribution in [0.1, 0.15) is 57.6 Å². The molecule has 0 bridgehead atoms. The molecule has 7 heteroatoms. The molecule has 7 nitrogen and oxygen atoms in total. The van der Waals surface area contributed by atoms with Crippen molar-refractivity contribution in [2.45, 2.75) is 52.0 Å². The van der Waals surface area contributed by atoms with Crippen molar-refractivity contribution >= 4 is 17.8 Å². The normalized spacial score (nSPS) is 19.7. The van der Waals surface area contributed by atoms with Crippen molar-refractivity contribution in [3.8, 4) is 0 Å². The monoisotopic (exact) mass is 443 g/mol. The molecule has 3 atom stereocenters. The molecule has 2 amide bonds. The molecule has 0 aromatic heterocycles. The summed E-state index contributed by atoms with van der Waals surface area (Å²) in [4.78, 5) is 32.5. The number of hydrogen-bond acceptors (Lipinski definition) is 3. The number of carbonyl (C=O) groups excluding carboxylic acids is 2. The molecule has 0 saturated carbocycles. The SMILES string of the molecule is CCCCC(CC)CNC(=NCC(=O)N(C)C)NCC1CC(=O)N(C)C1c1ccccc1. The summed E-state index contributed by atoms with van der Waals surface area (Å²) in [6, 6.07) is 10.2. The van der Waals surface area contributed by atoms with Crippen molar-refractivity contribution in [1.29, 1.82) is 0 Å². The summed E-state index contributed by atoms with van der Waals surface area (Å²) in [5, 5.41) is 6.87. The van der Waals surface area contributed by atoms with Gasteiger partial charge in [0.05, 0.1) is 6.04 Å². The van der Waals surface area contributed by atoms with Crippen LogP contribution in [0.25, 0.3) is 0 Å². The Labute approximate surface area is 193 Å². The fourth-order valence-electron chi connectivity index (χ4n) is 4.16. The van der Waals surface area contributed by atoms with Crippen molar-refractivity contribution < 1.29 is 9.59 Å². The van der Waals surface area contributed by atoms with Crippen molar-refractivity contribution in [3.63, 3.8) is 0 Å². The van der Waals surface area contributed by atoms with E-state index in [1.807, 2.05) is 30.1 Å². The number of nitrogens with zero attached hydrogens (tertiary/aromatic N) is 3. The Bertz CT molecular complexity index is 750. The Morgan fingerprint density at radius 2 is 1.94 bits per heavy atom. The zero-order valence-corrected chi connectivity index (χ0v) is 20.4. The van der Waals surface area contributed by atoms with E-state index >= 15 is 0 Å². The van der Waals surface area contributed by atoms with Crippen LogP contribution in [-0.4, -0.2) is 68.4 Å². The number of benzene rings is 1. The third-order valence-corrected chi connectivity index (χ3v) is 6.34. The third kappa shape index (κ3) is 7.53. The number of guanidine groups is 1. The molecule has 1 aliphatic heterocycles. The van der Waals surface area contributed by atoms with Gasteiger partial charge >= 0.3 is 0 Å². The minimum absolute atomic E-state index is 0.0359. The number of hydrogen-bond donors (Lipinski definition) is 2. The number of amides is 2. The van der Waals surface area contributed by atoms with Gasteiger partial charge in [-0.15, -0.1) is 0 Å². The lowest BCUT2D eigenvalue weighted by atomic mass is 9.93. The predicted octanol–water partition coefficient (Wildman–Crippen LogP) is 3.05. The Morgan fingerprint density at radius 3 is 2.56 bits per heavy atom. The highest BCUT2D eigenvalue weighted by molar-refractivity contribution is 5.85. The molecule has 0 aliphatic carbocycles. The summed E-state index contributed by atoms with van der Waals surface area (Å²) in [6.07, 6.45) is 5.20. The van der Waals surface area contributed by atoms with Crippen molar-refractivity contribution in [3.05, 3.63) is 35.9 Å². The molecule has 1 aromatic rings. The highest BCUT2D eigenvalue weighted by Gasteiger charge is 2.38. The molecule has 178 valence electrons. The van der Waals surface area contributed by atoms with Gasteiger partial charge in [0.25, 0.3) is 0 Å². The topological polar surface area (TPSA) is 77.0 Å². The Kier molecular flexibility index (Phi) is 10.5. The molecule has 1 heterocycles. The maximum Gasteiger partial charge on any atom is 0.243 e. The number of aliphatic imine (C=N–C) groups is 1. The average molecular weight is 444 g/mol. The second-order valence-electron chi connectivity index (χ2n) is 8.96. The minimum Gasteiger partial charge on any atom is -0.356 e. The summed E-state index contributed by atoms with van der Waals surface area (Å²) in [5.74, 6) is 1.47. The van der Waals surface area contributed by atoms with Gasteiger partial charge in [0.1, 0.15) is 6.54 Å². The second-order valence-corrected chi connectivity index (χ2v) is 8.96. The molecule has 32 heavy (non-hydrogen) atoms. The van der Waals surface area contributed by atoms with Gasteiger partial charge in [0.15, 0.2) is 5.96 Å². The fraction of sp³-hybridized carbons (Fsp3) is 0.640. The molecule has 0 radical (unpaired) electrons. The van der Waals surface area contributed by atoms with E-state index < -0.39 is 0 Å². The highest BCUT2D eigenvalue weighted by Crippen LogP contribution is 2.36. The number of carbonyl (C=O) groups is 2. The van der Waals surface area contributed by atoms with Crippen LogP contribution < -0.4 is 10.6 Å². The molecule has 1 aliphatic rings. The summed E-state index contributed by atoms with van der Waals surface area (Å²) >= 11 is 0. The largest absolute Gasteiger partial charge is 0.356 e. The lowest BCUT2D eigenvalue weighted by molar-refractivity contribution is -0.128. The molecule has 3 unspecified atom stereocenters. The van der Waals surface area contributed by atoms with Crippen LogP contribution in [0.5, 0.6) is 0 Å². The molecule has 2 N–H and O–H groups in total. The van der Waals surface area contributed by atoms with Gasteiger partial charge in [0, 0.05) is 46.6 Å². The van der Waals surface area contributed by atoms with Gasteiger partial charge < -0.3 is 20.4 Å². The van der Waals surface area contributed by atoms with E-state index in [1.54, 1.807) is 19.0 Å². The maximum absolute atomic E-state index is 12.5. The number of likely N-dealkylation sites (N-methyl/N-ethyl adjacent to an activating group) is 1. The number of likely N-dealkylation sites (tertiary alicyclic amines) is 1. The predicted molar refractivity (Wildman–Crippen MR) is 130 cm³/mol. The zero-order valence-electron chi connectivity index (χ0n) is 20.4. The molecule has 2 rings (SSSR count). The van der Waals surface area contributed by atoms with Crippen molar-refractivity contribution in [2.75, 3.05) is 40.8 Å². The van der Waals surface area contributed by atoms with Crippen LogP contribution in [0.3, 0.4) is 0 Å². The quantitative estimate of drug-likeness (QED) is 0.407. The first kappa shape index (κ1) is 25.7. The van der Waals surface area contributed by atoms with Crippen LogP contribution >= 0.6 is 0 Å². The van der Waals surface area contributed by atoms with Crippen LogP contribution in [0.4, 0.5) is 0 Å². The molecular formula is C25H41N5O2. The summed E-state index contributed by atoms with van der Waals surface area (Å²) in [5.41, 5.74) is 1.15. The van der Waals surface area contributed by atoms with E-state index in [-0.39, 0.29) is 30.3 Å². The van der Waals surface area contributed by atoms with Gasteiger partial charge in [-0.2, -0.15) is 0 Å². The first-order valence-electron chi connectivity index (χ1n) is 11.9. The van der Waals surface area contributed by atoms with E-state index in [2.05, 4.69) is 41.6 Å². The smallest absolute Gasteiger partial charge is 0.243 e. The van der Waals surface area contributed by atoms with E-state index in [0.717, 1.165) is 18.5 Å². The van der Waals surface area contributed by atoms with Gasteiger partial charge in [-0.25, -0.2) is 4.99 Å². The first-order valence-corrected chi connectivity index (χ1v) is 11.9. The first-order chi connectivity index (χ1) is 15.4. The third-order valence-electron chi connectivity index (χ3n) is 6.34. The number of unbranched alkanes of at least 4 members (excludes halogenated alkanes) is 1. The maximum atomic E-state index is 12.5. The lowest BCUT2D eigenvalue weighted by Gasteiger charge is -2.26. The van der Waals surface area contributed by atoms with Gasteiger partial charge in [-0.1, -0.05) is 63.4 Å². The Balaban J connectivity index is 2.07. The molecule has 1 fully saturated rings. The second kappa shape index (κ2) is 13.1. The standard InChI is InChI=1S/C25H41N5O2/c1-6-8-12-19(7-2)16-26-25(28-18-23(32)29(3)4)27-17-21-15-22(31)30(5)24(21)20-13-10-9-11-14-20/h9-11,13-14,19,21,24H,6-8,12,15-18H2,1-5H3,(H2,26,27,28). The van der Waals surface area contributed by atoms with Crippen LogP contribution in [0.2, 0.25) is 0 Å². The number of nitrogens with one attached hydrogen (secondary N) is 2. The summed E-state index contributed by atoms with van der Waals surface area (Å²) in [6.45, 7) is 5.96. The van der Waals surface area contributed by atoms with E-state index in [9.17, 15) is 9.59 Å². The molecular weight excluding hydrogens is 402 g/mol. The van der Waals surface area contributed by atoms with Crippen molar-refractivity contribution in [1.82, 2.24) is 20.4 Å². The molecule has 1 aromatic carbocycles. The van der Waals surface area contributed by atoms with Crippen molar-refractivity contribution in [2.24, 2.45) is 16.8 Å². The minimum atomic E-state index is -0.0398. The van der Waals surface area contributed by atoms with Crippen LogP contribution in [0, 0.1) is 11.8 Å². The van der Waals surface area contributed by atoms with Gasteiger partial charge in [-0.3, -0.25) is 9.59 Å². The van der Waals surface area contributed by atoms with Crippen LogP contribution in [-0.2, 0) is 9.59 Å². The van der Waals surface area contributed by atoms with Crippen LogP contribution in [0.15, 0.2) is 35.3 Å². The van der Waals surface area contributed by atoms with E-state index in [4.69, 9.17) is 0 Å². The average Bonchev–Trinajstić information content (AvgIpc) is 3.08. The van der Waals surface area contributed by atoms with E-state index in [1.165, 1.54) is 19.3 Å². The Morgan fingerprint density at radius 1 is 1.22 bits per heavy atom. The van der Waals surface area contributed by atoms with Gasteiger partial charge in [0.2, 0.25) is 11.8 Å². The highest BCUT2D eigenvalue weighted by atomic mass is 16.2. The summed E-state index contributed by atoms with van der Waals surface area (Å²) in [7, 11) is 5.35. The van der Waals surface area contributed by atoms with E-state index in [0.29, 0.717) is 24.8 Å². The Hall–Kier alpha value is -2.57. The summed E-state index contributed by atoms with van der Waals surface area (Å²) < 4.78 is 0. The van der Waals surface area contributed by atoms with Gasteiger partial charge in [-0.05, 0) is 17.9 Å². The lowest BCUT2D eigenvalue weighted by Crippen LogP contribution is -2.43. The molecule has 0 spiro atoms.